The molecule has 0 unspecified atom stereocenters. The number of anilines is 1. The predicted molar refractivity (Wildman–Crippen MR) is 120 cm³/mol. The molecule has 1 aromatic heterocycles. The first-order chi connectivity index (χ1) is 15.1. The van der Waals surface area contributed by atoms with Gasteiger partial charge in [0.05, 0.1) is 25.5 Å². The number of hydrogen-bond acceptors (Lipinski definition) is 6. The maximum atomic E-state index is 13.0. The van der Waals surface area contributed by atoms with Crippen LogP contribution in [-0.4, -0.2) is 61.2 Å². The van der Waals surface area contributed by atoms with Gasteiger partial charge >= 0.3 is 0 Å². The molecule has 1 fully saturated rings. The van der Waals surface area contributed by atoms with Crippen molar-refractivity contribution in [2.75, 3.05) is 45.3 Å². The molecule has 7 nitrogen and oxygen atoms in total. The fourth-order valence-corrected chi connectivity index (χ4v) is 3.77. The molecule has 0 spiro atoms. The molecular weight excluding hydrogens is 416 g/mol. The van der Waals surface area contributed by atoms with E-state index in [1.165, 1.54) is 0 Å². The van der Waals surface area contributed by atoms with Gasteiger partial charge < -0.3 is 19.3 Å². The Hall–Kier alpha value is -3.32. The third-order valence-electron chi connectivity index (χ3n) is 5.32. The van der Waals surface area contributed by atoms with E-state index in [4.69, 9.17) is 21.1 Å². The van der Waals surface area contributed by atoms with E-state index in [0.717, 1.165) is 22.8 Å². The van der Waals surface area contributed by atoms with Crippen LogP contribution in [0.15, 0.2) is 54.9 Å². The minimum atomic E-state index is -0.0828. The van der Waals surface area contributed by atoms with Gasteiger partial charge in [-0.2, -0.15) is 0 Å². The zero-order chi connectivity index (χ0) is 21.8. The topological polar surface area (TPSA) is 67.8 Å². The van der Waals surface area contributed by atoms with Crippen LogP contribution in [0.25, 0.3) is 11.3 Å². The Morgan fingerprint density at radius 2 is 1.68 bits per heavy atom. The Bertz CT molecular complexity index is 1070. The smallest absolute Gasteiger partial charge is 0.257 e. The highest BCUT2D eigenvalue weighted by Gasteiger charge is 2.25. The van der Waals surface area contributed by atoms with Crippen molar-refractivity contribution >= 4 is 23.3 Å². The molecule has 2 heterocycles. The highest BCUT2D eigenvalue weighted by atomic mass is 35.5. The summed E-state index contributed by atoms with van der Waals surface area (Å²) < 4.78 is 10.5. The van der Waals surface area contributed by atoms with E-state index < -0.39 is 0 Å². The van der Waals surface area contributed by atoms with E-state index in [2.05, 4.69) is 14.9 Å². The maximum absolute atomic E-state index is 13.0. The molecule has 160 valence electrons. The van der Waals surface area contributed by atoms with Gasteiger partial charge in [0.15, 0.2) is 0 Å². The fourth-order valence-electron chi connectivity index (χ4n) is 3.60. The molecule has 1 saturated heterocycles. The van der Waals surface area contributed by atoms with Crippen LogP contribution in [0.1, 0.15) is 10.4 Å². The van der Waals surface area contributed by atoms with Crippen molar-refractivity contribution in [1.82, 2.24) is 14.9 Å². The minimum absolute atomic E-state index is 0.0828. The summed E-state index contributed by atoms with van der Waals surface area (Å²) in [6.07, 6.45) is 1.57. The SMILES string of the molecule is COc1ccc(-c2cc(N3CCN(C(=O)c4cc(Cl)ccc4OC)CC3)ncn2)cc1. The first kappa shape index (κ1) is 20.9. The second-order valence-corrected chi connectivity index (χ2v) is 7.55. The third kappa shape index (κ3) is 4.56. The lowest BCUT2D eigenvalue weighted by atomic mass is 10.1. The molecule has 1 amide bonds. The van der Waals surface area contributed by atoms with Gasteiger partial charge in [-0.25, -0.2) is 9.97 Å². The van der Waals surface area contributed by atoms with Crippen molar-refractivity contribution in [1.29, 1.82) is 0 Å². The number of piperazine rings is 1. The van der Waals surface area contributed by atoms with Crippen LogP contribution in [0.4, 0.5) is 5.82 Å². The molecular formula is C23H23ClN4O3. The Morgan fingerprint density at radius 3 is 2.35 bits per heavy atom. The molecule has 0 N–H and O–H groups in total. The summed E-state index contributed by atoms with van der Waals surface area (Å²) in [7, 11) is 3.19. The molecule has 0 radical (unpaired) electrons. The lowest BCUT2D eigenvalue weighted by Crippen LogP contribution is -2.49. The monoisotopic (exact) mass is 438 g/mol. The van der Waals surface area contributed by atoms with Crippen molar-refractivity contribution < 1.29 is 14.3 Å². The molecule has 0 atom stereocenters. The molecule has 4 rings (SSSR count). The standard InChI is InChI=1S/C23H23ClN4O3/c1-30-18-6-3-16(4-7-18)20-14-22(26-15-25-20)27-9-11-28(12-10-27)23(29)19-13-17(24)5-8-21(19)31-2/h3-8,13-15H,9-12H2,1-2H3. The summed E-state index contributed by atoms with van der Waals surface area (Å²) in [6, 6.07) is 14.8. The number of amides is 1. The van der Waals surface area contributed by atoms with Crippen LogP contribution < -0.4 is 14.4 Å². The number of hydrogen-bond donors (Lipinski definition) is 0. The van der Waals surface area contributed by atoms with Crippen molar-refractivity contribution in [3.05, 3.63) is 65.4 Å². The van der Waals surface area contributed by atoms with Gasteiger partial charge in [0.25, 0.3) is 5.91 Å². The second-order valence-electron chi connectivity index (χ2n) is 7.11. The Morgan fingerprint density at radius 1 is 0.935 bits per heavy atom. The average Bonchev–Trinajstić information content (AvgIpc) is 2.84. The van der Waals surface area contributed by atoms with E-state index in [1.807, 2.05) is 35.2 Å². The number of aromatic nitrogens is 2. The lowest BCUT2D eigenvalue weighted by Gasteiger charge is -2.35. The molecule has 31 heavy (non-hydrogen) atoms. The molecule has 1 aliphatic rings. The highest BCUT2D eigenvalue weighted by molar-refractivity contribution is 6.31. The van der Waals surface area contributed by atoms with E-state index in [9.17, 15) is 4.79 Å². The molecule has 0 aliphatic carbocycles. The van der Waals surface area contributed by atoms with Crippen LogP contribution in [0, 0.1) is 0 Å². The number of rotatable bonds is 5. The van der Waals surface area contributed by atoms with Crippen molar-refractivity contribution in [2.24, 2.45) is 0 Å². The quantitative estimate of drug-likeness (QED) is 0.604. The van der Waals surface area contributed by atoms with Crippen LogP contribution in [-0.2, 0) is 0 Å². The average molecular weight is 439 g/mol. The van der Waals surface area contributed by atoms with Crippen molar-refractivity contribution in [3.8, 4) is 22.8 Å². The Kier molecular flexibility index (Phi) is 6.23. The second kappa shape index (κ2) is 9.22. The molecule has 2 aromatic carbocycles. The van der Waals surface area contributed by atoms with E-state index >= 15 is 0 Å². The van der Waals surface area contributed by atoms with Crippen LogP contribution in [0.5, 0.6) is 11.5 Å². The minimum Gasteiger partial charge on any atom is -0.497 e. The largest absolute Gasteiger partial charge is 0.497 e. The van der Waals surface area contributed by atoms with Crippen LogP contribution in [0.2, 0.25) is 5.02 Å². The van der Waals surface area contributed by atoms with E-state index in [-0.39, 0.29) is 5.91 Å². The van der Waals surface area contributed by atoms with Gasteiger partial charge in [0, 0.05) is 42.8 Å². The summed E-state index contributed by atoms with van der Waals surface area (Å²) in [5.74, 6) is 2.08. The summed E-state index contributed by atoms with van der Waals surface area (Å²) in [5, 5.41) is 0.509. The zero-order valence-electron chi connectivity index (χ0n) is 17.4. The lowest BCUT2D eigenvalue weighted by molar-refractivity contribution is 0.0743. The zero-order valence-corrected chi connectivity index (χ0v) is 18.2. The van der Waals surface area contributed by atoms with Gasteiger partial charge in [0.1, 0.15) is 23.6 Å². The molecule has 1 aliphatic heterocycles. The van der Waals surface area contributed by atoms with E-state index in [0.29, 0.717) is 42.5 Å². The predicted octanol–water partition coefficient (Wildman–Crippen LogP) is 3.78. The number of carbonyl (C=O) groups is 1. The van der Waals surface area contributed by atoms with Gasteiger partial charge in [-0.3, -0.25) is 4.79 Å². The van der Waals surface area contributed by atoms with Gasteiger partial charge in [0.2, 0.25) is 0 Å². The summed E-state index contributed by atoms with van der Waals surface area (Å²) in [6.45, 7) is 2.51. The van der Waals surface area contributed by atoms with Crippen LogP contribution in [0.3, 0.4) is 0 Å². The molecule has 3 aromatic rings. The normalized spacial score (nSPS) is 13.8. The first-order valence-corrected chi connectivity index (χ1v) is 10.3. The summed E-state index contributed by atoms with van der Waals surface area (Å²) in [4.78, 5) is 25.8. The Labute approximate surface area is 186 Å². The summed E-state index contributed by atoms with van der Waals surface area (Å²) >= 11 is 6.09. The van der Waals surface area contributed by atoms with Crippen LogP contribution >= 0.6 is 11.6 Å². The van der Waals surface area contributed by atoms with Gasteiger partial charge in [-0.05, 0) is 42.5 Å². The van der Waals surface area contributed by atoms with Gasteiger partial charge in [-0.15, -0.1) is 0 Å². The van der Waals surface area contributed by atoms with Crippen molar-refractivity contribution in [3.63, 3.8) is 0 Å². The molecule has 0 saturated carbocycles. The number of nitrogens with zero attached hydrogens (tertiary/aromatic N) is 4. The first-order valence-electron chi connectivity index (χ1n) is 9.93. The number of halogens is 1. The van der Waals surface area contributed by atoms with E-state index in [1.54, 1.807) is 38.7 Å². The molecule has 8 heteroatoms. The number of benzene rings is 2. The third-order valence-corrected chi connectivity index (χ3v) is 5.56. The van der Waals surface area contributed by atoms with Crippen molar-refractivity contribution in [2.45, 2.75) is 0 Å². The van der Waals surface area contributed by atoms with Gasteiger partial charge in [-0.1, -0.05) is 11.6 Å². The number of methoxy groups -OCH3 is 2. The number of carbonyl (C=O) groups excluding carboxylic acids is 1. The molecule has 0 bridgehead atoms. The highest BCUT2D eigenvalue weighted by Crippen LogP contribution is 2.26. The summed E-state index contributed by atoms with van der Waals surface area (Å²) in [5.41, 5.74) is 2.31. The fraction of sp³-hybridized carbons (Fsp3) is 0.261. The Balaban J connectivity index is 1.45. The number of ether oxygens (including phenoxy) is 2. The maximum Gasteiger partial charge on any atom is 0.257 e.